The van der Waals surface area contributed by atoms with Gasteiger partial charge < -0.3 is 10.1 Å². The molecule has 2 heterocycles. The Balaban J connectivity index is 1.66. The number of aromatic nitrogens is 4. The smallest absolute Gasteiger partial charge is 0.405 e. The molecular weight excluding hydrogens is 407 g/mol. The van der Waals surface area contributed by atoms with Gasteiger partial charge in [-0.15, -0.1) is 13.2 Å². The molecule has 0 atom stereocenters. The number of para-hydroxylation sites is 3. The summed E-state index contributed by atoms with van der Waals surface area (Å²) >= 11 is 0. The van der Waals surface area contributed by atoms with E-state index in [-0.39, 0.29) is 17.1 Å². The number of nitrogens with one attached hydrogen (secondary N) is 2. The molecule has 6 nitrogen and oxygen atoms in total. The third-order valence-electron chi connectivity index (χ3n) is 4.66. The van der Waals surface area contributed by atoms with Crippen molar-refractivity contribution in [1.29, 1.82) is 0 Å². The Bertz CT molecular complexity index is 1400. The number of fused-ring (bicyclic) bond motifs is 2. The van der Waals surface area contributed by atoms with Crippen molar-refractivity contribution in [3.05, 3.63) is 72.8 Å². The number of alkyl halides is 3. The van der Waals surface area contributed by atoms with Crippen molar-refractivity contribution in [3.8, 4) is 17.1 Å². The van der Waals surface area contributed by atoms with Gasteiger partial charge in [0, 0.05) is 10.8 Å². The van der Waals surface area contributed by atoms with Gasteiger partial charge in [-0.3, -0.25) is 5.10 Å². The predicted octanol–water partition coefficient (Wildman–Crippen LogP) is 5.82. The van der Waals surface area contributed by atoms with Crippen molar-refractivity contribution in [2.75, 3.05) is 5.32 Å². The fourth-order valence-electron chi connectivity index (χ4n) is 3.33. The highest BCUT2D eigenvalue weighted by Gasteiger charge is 2.32. The van der Waals surface area contributed by atoms with Crippen LogP contribution in [0.15, 0.2) is 72.8 Å². The first-order chi connectivity index (χ1) is 15.0. The summed E-state index contributed by atoms with van der Waals surface area (Å²) in [5, 5.41) is 12.0. The van der Waals surface area contributed by atoms with Gasteiger partial charge in [0.25, 0.3) is 0 Å². The number of H-pyrrole nitrogens is 1. The molecular formula is C22H14F3N5O. The molecule has 9 heteroatoms. The van der Waals surface area contributed by atoms with Crippen LogP contribution < -0.4 is 10.1 Å². The molecule has 5 rings (SSSR count). The second kappa shape index (κ2) is 7.28. The van der Waals surface area contributed by atoms with Crippen LogP contribution >= 0.6 is 0 Å². The Morgan fingerprint density at radius 3 is 2.32 bits per heavy atom. The van der Waals surface area contributed by atoms with Crippen LogP contribution in [0.25, 0.3) is 33.2 Å². The van der Waals surface area contributed by atoms with E-state index in [0.717, 1.165) is 10.9 Å². The highest BCUT2D eigenvalue weighted by atomic mass is 19.4. The van der Waals surface area contributed by atoms with E-state index in [1.54, 1.807) is 18.2 Å². The Morgan fingerprint density at radius 1 is 0.774 bits per heavy atom. The molecule has 2 N–H and O–H groups in total. The van der Waals surface area contributed by atoms with Crippen molar-refractivity contribution in [3.63, 3.8) is 0 Å². The lowest BCUT2D eigenvalue weighted by molar-refractivity contribution is -0.274. The summed E-state index contributed by atoms with van der Waals surface area (Å²) in [5.41, 5.74) is 1.53. The van der Waals surface area contributed by atoms with Crippen LogP contribution in [-0.4, -0.2) is 26.5 Å². The maximum absolute atomic E-state index is 12.9. The molecule has 0 radical (unpaired) electrons. The van der Waals surface area contributed by atoms with Crippen LogP contribution in [0.5, 0.6) is 5.75 Å². The Kier molecular flexibility index (Phi) is 4.43. The highest BCUT2D eigenvalue weighted by Crippen LogP contribution is 2.35. The number of hydrogen-bond acceptors (Lipinski definition) is 5. The number of hydrogen-bond donors (Lipinski definition) is 2. The van der Waals surface area contributed by atoms with Crippen molar-refractivity contribution in [2.24, 2.45) is 0 Å². The summed E-state index contributed by atoms with van der Waals surface area (Å²) in [5.74, 6) is 0.687. The third-order valence-corrected chi connectivity index (χ3v) is 4.66. The van der Waals surface area contributed by atoms with E-state index in [1.807, 2.05) is 36.4 Å². The first-order valence-electron chi connectivity index (χ1n) is 9.30. The first kappa shape index (κ1) is 18.9. The largest absolute Gasteiger partial charge is 0.573 e. The van der Waals surface area contributed by atoms with Gasteiger partial charge in [-0.2, -0.15) is 5.10 Å². The molecule has 154 valence electrons. The minimum Gasteiger partial charge on any atom is -0.405 e. The van der Waals surface area contributed by atoms with E-state index < -0.39 is 6.36 Å². The lowest BCUT2D eigenvalue weighted by Crippen LogP contribution is -2.17. The molecule has 31 heavy (non-hydrogen) atoms. The normalized spacial score (nSPS) is 11.7. The lowest BCUT2D eigenvalue weighted by Gasteiger charge is -2.14. The maximum atomic E-state index is 12.9. The van der Waals surface area contributed by atoms with E-state index in [1.165, 1.54) is 18.2 Å². The molecule has 0 spiro atoms. The van der Waals surface area contributed by atoms with Gasteiger partial charge in [0.1, 0.15) is 11.6 Å². The Morgan fingerprint density at radius 2 is 1.48 bits per heavy atom. The number of aromatic amines is 1. The average Bonchev–Trinajstić information content (AvgIpc) is 3.16. The van der Waals surface area contributed by atoms with Gasteiger partial charge in [-0.1, -0.05) is 36.4 Å². The van der Waals surface area contributed by atoms with Gasteiger partial charge in [0.15, 0.2) is 11.6 Å². The summed E-state index contributed by atoms with van der Waals surface area (Å²) in [6.45, 7) is 0. The van der Waals surface area contributed by atoms with Crippen LogP contribution in [-0.2, 0) is 0 Å². The Labute approximate surface area is 173 Å². The molecule has 5 aromatic rings. The maximum Gasteiger partial charge on any atom is 0.573 e. The molecule has 0 saturated carbocycles. The summed E-state index contributed by atoms with van der Waals surface area (Å²) < 4.78 is 42.8. The first-order valence-corrected chi connectivity index (χ1v) is 9.30. The van der Waals surface area contributed by atoms with E-state index in [2.05, 4.69) is 30.2 Å². The van der Waals surface area contributed by atoms with Crippen molar-refractivity contribution in [2.45, 2.75) is 6.36 Å². The minimum atomic E-state index is -4.83. The van der Waals surface area contributed by atoms with E-state index in [9.17, 15) is 13.2 Å². The van der Waals surface area contributed by atoms with Gasteiger partial charge in [0.05, 0.1) is 16.6 Å². The standard InChI is InChI=1S/C22H14F3N5O/c23-22(24,25)31-18-12-6-3-9-15(18)20-26-16-10-4-1-7-13(16)19(27-20)28-21-14-8-2-5-11-17(14)29-30-21/h1-12H,(H2,26,27,28,29,30). The average molecular weight is 421 g/mol. The van der Waals surface area contributed by atoms with E-state index in [4.69, 9.17) is 0 Å². The predicted molar refractivity (Wildman–Crippen MR) is 111 cm³/mol. The van der Waals surface area contributed by atoms with Gasteiger partial charge >= 0.3 is 6.36 Å². The monoisotopic (exact) mass is 421 g/mol. The highest BCUT2D eigenvalue weighted by molar-refractivity contribution is 5.97. The molecule has 3 aromatic carbocycles. The zero-order valence-corrected chi connectivity index (χ0v) is 15.8. The van der Waals surface area contributed by atoms with Crippen LogP contribution in [0.1, 0.15) is 0 Å². The van der Waals surface area contributed by atoms with Crippen molar-refractivity contribution >= 4 is 33.4 Å². The molecule has 0 bridgehead atoms. The number of rotatable bonds is 4. The fourth-order valence-corrected chi connectivity index (χ4v) is 3.33. The van der Waals surface area contributed by atoms with Gasteiger partial charge in [0.2, 0.25) is 0 Å². The number of ether oxygens (including phenoxy) is 1. The zero-order chi connectivity index (χ0) is 21.4. The SMILES string of the molecule is FC(F)(F)Oc1ccccc1-c1nc(Nc2n[nH]c3ccccc23)c2ccccc2n1. The molecule has 0 saturated heterocycles. The quantitative estimate of drug-likeness (QED) is 0.383. The van der Waals surface area contributed by atoms with Crippen molar-refractivity contribution in [1.82, 2.24) is 20.2 Å². The second-order valence-corrected chi connectivity index (χ2v) is 6.70. The molecule has 0 aliphatic heterocycles. The summed E-state index contributed by atoms with van der Waals surface area (Å²) in [7, 11) is 0. The van der Waals surface area contributed by atoms with Gasteiger partial charge in [-0.05, 0) is 36.4 Å². The van der Waals surface area contributed by atoms with Crippen molar-refractivity contribution < 1.29 is 17.9 Å². The number of nitrogens with zero attached hydrogens (tertiary/aromatic N) is 3. The molecule has 0 amide bonds. The number of benzene rings is 3. The van der Waals surface area contributed by atoms with Crippen LogP contribution in [0.4, 0.5) is 24.8 Å². The summed E-state index contributed by atoms with van der Waals surface area (Å²) in [6.07, 6.45) is -4.83. The minimum absolute atomic E-state index is 0.0980. The van der Waals surface area contributed by atoms with E-state index >= 15 is 0 Å². The topological polar surface area (TPSA) is 75.7 Å². The summed E-state index contributed by atoms with van der Waals surface area (Å²) in [6, 6.07) is 20.6. The number of halogens is 3. The molecule has 2 aromatic heterocycles. The second-order valence-electron chi connectivity index (χ2n) is 6.70. The summed E-state index contributed by atoms with van der Waals surface area (Å²) in [4.78, 5) is 8.98. The Hall–Kier alpha value is -4.14. The molecule has 0 aliphatic carbocycles. The van der Waals surface area contributed by atoms with Crippen LogP contribution in [0, 0.1) is 0 Å². The van der Waals surface area contributed by atoms with E-state index in [0.29, 0.717) is 22.5 Å². The number of anilines is 2. The van der Waals surface area contributed by atoms with Crippen LogP contribution in [0.3, 0.4) is 0 Å². The zero-order valence-electron chi connectivity index (χ0n) is 15.8. The van der Waals surface area contributed by atoms with Gasteiger partial charge in [-0.25, -0.2) is 9.97 Å². The third kappa shape index (κ3) is 3.73. The molecule has 0 fully saturated rings. The molecule has 0 aliphatic rings. The van der Waals surface area contributed by atoms with Crippen LogP contribution in [0.2, 0.25) is 0 Å². The molecule has 0 unspecified atom stereocenters. The lowest BCUT2D eigenvalue weighted by atomic mass is 10.1. The fraction of sp³-hybridized carbons (Fsp3) is 0.0455.